The van der Waals surface area contributed by atoms with Gasteiger partial charge < -0.3 is 19.6 Å². The Morgan fingerprint density at radius 1 is 1.12 bits per heavy atom. The summed E-state index contributed by atoms with van der Waals surface area (Å²) in [5.74, 6) is 0.767. The molecule has 0 aliphatic heterocycles. The van der Waals surface area contributed by atoms with E-state index < -0.39 is 4.92 Å². The number of oxime groups is 1. The predicted molar refractivity (Wildman–Crippen MR) is 136 cm³/mol. The summed E-state index contributed by atoms with van der Waals surface area (Å²) in [6.07, 6.45) is 1.49. The third-order valence-corrected chi connectivity index (χ3v) is 5.19. The SMILES string of the molecule is CCOc1cc(/C=N/OCC(=O)Nc2ccccc2)cc(I)c1OCc1ccc([N+](=O)[O-])cc1. The highest BCUT2D eigenvalue weighted by Gasteiger charge is 2.13. The van der Waals surface area contributed by atoms with Crippen molar-refractivity contribution < 1.29 is 24.0 Å². The number of halogens is 1. The maximum absolute atomic E-state index is 11.9. The van der Waals surface area contributed by atoms with Crippen molar-refractivity contribution in [3.63, 3.8) is 0 Å². The van der Waals surface area contributed by atoms with Gasteiger partial charge >= 0.3 is 0 Å². The van der Waals surface area contributed by atoms with Gasteiger partial charge in [-0.05, 0) is 71.5 Å². The Morgan fingerprint density at radius 3 is 2.53 bits per heavy atom. The van der Waals surface area contributed by atoms with E-state index in [1.54, 1.807) is 30.3 Å². The van der Waals surface area contributed by atoms with Crippen LogP contribution in [-0.2, 0) is 16.2 Å². The maximum atomic E-state index is 11.9. The van der Waals surface area contributed by atoms with Crippen molar-refractivity contribution in [1.82, 2.24) is 0 Å². The Kier molecular flexibility index (Phi) is 9.21. The number of benzene rings is 3. The van der Waals surface area contributed by atoms with Crippen LogP contribution in [0.15, 0.2) is 71.9 Å². The molecule has 0 spiro atoms. The number of amides is 1. The molecule has 0 saturated carbocycles. The van der Waals surface area contributed by atoms with E-state index in [9.17, 15) is 14.9 Å². The molecule has 34 heavy (non-hydrogen) atoms. The van der Waals surface area contributed by atoms with E-state index in [0.29, 0.717) is 29.4 Å². The first kappa shape index (κ1) is 25.0. The zero-order valence-electron chi connectivity index (χ0n) is 18.3. The summed E-state index contributed by atoms with van der Waals surface area (Å²) in [6.45, 7) is 2.29. The molecule has 0 aliphatic rings. The molecule has 0 radical (unpaired) electrons. The number of carbonyl (C=O) groups is 1. The Hall–Kier alpha value is -3.67. The monoisotopic (exact) mass is 575 g/mol. The lowest BCUT2D eigenvalue weighted by molar-refractivity contribution is -0.384. The number of para-hydroxylation sites is 1. The molecule has 3 aromatic carbocycles. The van der Waals surface area contributed by atoms with Gasteiger partial charge in [0.25, 0.3) is 11.6 Å². The maximum Gasteiger partial charge on any atom is 0.269 e. The van der Waals surface area contributed by atoms with Crippen LogP contribution in [0.5, 0.6) is 11.5 Å². The lowest BCUT2D eigenvalue weighted by Crippen LogP contribution is -2.16. The number of hydrogen-bond acceptors (Lipinski definition) is 7. The van der Waals surface area contributed by atoms with Crippen LogP contribution in [0.1, 0.15) is 18.1 Å². The highest BCUT2D eigenvalue weighted by atomic mass is 127. The number of carbonyl (C=O) groups excluding carboxylic acids is 1. The first-order chi connectivity index (χ1) is 16.5. The van der Waals surface area contributed by atoms with Gasteiger partial charge in [-0.1, -0.05) is 23.4 Å². The second-order valence-corrected chi connectivity index (χ2v) is 8.06. The standard InChI is InChI=1S/C24H22IN3O6/c1-2-32-22-13-18(14-26-34-16-23(29)27-19-6-4-3-5-7-19)12-21(25)24(22)33-15-17-8-10-20(11-9-17)28(30)31/h3-14H,2,15-16H2,1H3,(H,27,29)/b26-14+. The Labute approximate surface area is 210 Å². The summed E-state index contributed by atoms with van der Waals surface area (Å²) in [7, 11) is 0. The number of nitro benzene ring substituents is 1. The summed E-state index contributed by atoms with van der Waals surface area (Å²) in [5.41, 5.74) is 2.20. The van der Waals surface area contributed by atoms with E-state index >= 15 is 0 Å². The Bertz CT molecular complexity index is 1150. The molecule has 9 nitrogen and oxygen atoms in total. The highest BCUT2D eigenvalue weighted by molar-refractivity contribution is 14.1. The second-order valence-electron chi connectivity index (χ2n) is 6.90. The lowest BCUT2D eigenvalue weighted by Gasteiger charge is -2.14. The number of non-ortho nitro benzene ring substituents is 1. The zero-order chi connectivity index (χ0) is 24.3. The van der Waals surface area contributed by atoms with Gasteiger partial charge in [0.2, 0.25) is 0 Å². The van der Waals surface area contributed by atoms with Crippen LogP contribution in [0.25, 0.3) is 0 Å². The van der Waals surface area contributed by atoms with Gasteiger partial charge in [-0.25, -0.2) is 0 Å². The molecule has 1 N–H and O–H groups in total. The fourth-order valence-corrected chi connectivity index (χ4v) is 3.63. The number of nitrogens with one attached hydrogen (secondary N) is 1. The molecular formula is C24H22IN3O6. The fourth-order valence-electron chi connectivity index (χ4n) is 2.85. The molecule has 0 heterocycles. The Balaban J connectivity index is 1.60. The molecular weight excluding hydrogens is 553 g/mol. The molecule has 0 bridgehead atoms. The number of ether oxygens (including phenoxy) is 2. The third-order valence-electron chi connectivity index (χ3n) is 4.39. The minimum absolute atomic E-state index is 0.0248. The number of anilines is 1. The summed E-state index contributed by atoms with van der Waals surface area (Å²) >= 11 is 2.13. The third kappa shape index (κ3) is 7.44. The van der Waals surface area contributed by atoms with Gasteiger partial charge in [-0.15, -0.1) is 0 Å². The molecule has 3 rings (SSSR count). The van der Waals surface area contributed by atoms with E-state index in [-0.39, 0.29) is 24.8 Å². The molecule has 0 saturated heterocycles. The van der Waals surface area contributed by atoms with Crippen molar-refractivity contribution in [2.75, 3.05) is 18.5 Å². The van der Waals surface area contributed by atoms with Crippen LogP contribution in [-0.4, -0.2) is 30.3 Å². The molecule has 1 amide bonds. The number of nitro groups is 1. The zero-order valence-corrected chi connectivity index (χ0v) is 20.4. The van der Waals surface area contributed by atoms with Gasteiger partial charge in [-0.2, -0.15) is 0 Å². The van der Waals surface area contributed by atoms with Gasteiger partial charge in [-0.3, -0.25) is 14.9 Å². The minimum atomic E-state index is -0.444. The van der Waals surface area contributed by atoms with Crippen molar-refractivity contribution in [3.05, 3.63) is 91.5 Å². The van der Waals surface area contributed by atoms with Crippen molar-refractivity contribution in [1.29, 1.82) is 0 Å². The van der Waals surface area contributed by atoms with E-state index in [0.717, 1.165) is 9.13 Å². The molecule has 3 aromatic rings. The number of hydrogen-bond donors (Lipinski definition) is 1. The summed E-state index contributed by atoms with van der Waals surface area (Å²) in [6, 6.07) is 18.8. The first-order valence-corrected chi connectivity index (χ1v) is 11.4. The van der Waals surface area contributed by atoms with Crippen LogP contribution in [0.3, 0.4) is 0 Å². The number of rotatable bonds is 11. The lowest BCUT2D eigenvalue weighted by atomic mass is 10.2. The van der Waals surface area contributed by atoms with Crippen LogP contribution >= 0.6 is 22.6 Å². The molecule has 176 valence electrons. The highest BCUT2D eigenvalue weighted by Crippen LogP contribution is 2.34. The quantitative estimate of drug-likeness (QED) is 0.146. The fraction of sp³-hybridized carbons (Fsp3) is 0.167. The van der Waals surface area contributed by atoms with Crippen LogP contribution < -0.4 is 14.8 Å². The van der Waals surface area contributed by atoms with Gasteiger partial charge in [0.15, 0.2) is 18.1 Å². The molecule has 0 aliphatic carbocycles. The van der Waals surface area contributed by atoms with Gasteiger partial charge in [0.05, 0.1) is 21.3 Å². The normalized spacial score (nSPS) is 10.6. The molecule has 0 atom stereocenters. The van der Waals surface area contributed by atoms with E-state index in [1.807, 2.05) is 31.2 Å². The van der Waals surface area contributed by atoms with Crippen molar-refractivity contribution in [2.45, 2.75) is 13.5 Å². The van der Waals surface area contributed by atoms with E-state index in [4.69, 9.17) is 14.3 Å². The molecule has 0 unspecified atom stereocenters. The summed E-state index contributed by atoms with van der Waals surface area (Å²) < 4.78 is 12.5. The largest absolute Gasteiger partial charge is 0.490 e. The van der Waals surface area contributed by atoms with Crippen LogP contribution in [0.4, 0.5) is 11.4 Å². The topological polar surface area (TPSA) is 112 Å². The van der Waals surface area contributed by atoms with Gasteiger partial charge in [0, 0.05) is 23.4 Å². The van der Waals surface area contributed by atoms with Gasteiger partial charge in [0.1, 0.15) is 6.61 Å². The molecule has 10 heteroatoms. The number of nitrogens with zero attached hydrogens (tertiary/aromatic N) is 2. The van der Waals surface area contributed by atoms with E-state index in [2.05, 4.69) is 33.1 Å². The molecule has 0 aromatic heterocycles. The van der Waals surface area contributed by atoms with Crippen molar-refractivity contribution in [2.24, 2.45) is 5.16 Å². The second kappa shape index (κ2) is 12.5. The first-order valence-electron chi connectivity index (χ1n) is 10.3. The summed E-state index contributed by atoms with van der Waals surface area (Å²) in [5, 5.41) is 17.4. The summed E-state index contributed by atoms with van der Waals surface area (Å²) in [4.78, 5) is 27.4. The average Bonchev–Trinajstić information content (AvgIpc) is 2.82. The predicted octanol–water partition coefficient (Wildman–Crippen LogP) is 5.17. The van der Waals surface area contributed by atoms with Crippen LogP contribution in [0.2, 0.25) is 0 Å². The molecule has 0 fully saturated rings. The van der Waals surface area contributed by atoms with Crippen molar-refractivity contribution >= 4 is 46.1 Å². The Morgan fingerprint density at radius 2 is 1.85 bits per heavy atom. The average molecular weight is 575 g/mol. The van der Waals surface area contributed by atoms with E-state index in [1.165, 1.54) is 18.3 Å². The minimum Gasteiger partial charge on any atom is -0.490 e. The smallest absolute Gasteiger partial charge is 0.269 e. The van der Waals surface area contributed by atoms with Crippen LogP contribution in [0, 0.1) is 13.7 Å². The van der Waals surface area contributed by atoms with Crippen molar-refractivity contribution in [3.8, 4) is 11.5 Å².